The van der Waals surface area contributed by atoms with Crippen LogP contribution in [0.2, 0.25) is 5.02 Å². The van der Waals surface area contributed by atoms with Crippen molar-refractivity contribution in [1.29, 1.82) is 0 Å². The van der Waals surface area contributed by atoms with Gasteiger partial charge in [0.25, 0.3) is 0 Å². The average Bonchev–Trinajstić information content (AvgIpc) is 3.06. The summed E-state index contributed by atoms with van der Waals surface area (Å²) in [5.41, 5.74) is 11.3. The third kappa shape index (κ3) is 8.24. The second-order valence-corrected chi connectivity index (χ2v) is 7.89. The van der Waals surface area contributed by atoms with Crippen molar-refractivity contribution in [2.75, 3.05) is 6.54 Å². The molecule has 8 heteroatoms. The summed E-state index contributed by atoms with van der Waals surface area (Å²) in [6.07, 6.45) is 2.52. The summed E-state index contributed by atoms with van der Waals surface area (Å²) in [4.78, 5) is 26.2. The molecule has 0 radical (unpaired) electrons. The third-order valence-corrected chi connectivity index (χ3v) is 5.55. The molecular formula is C19H29ClN4O2S. The summed E-state index contributed by atoms with van der Waals surface area (Å²) in [5, 5.41) is 4.69. The first kappa shape index (κ1) is 23.3. The molecule has 0 aliphatic rings. The van der Waals surface area contributed by atoms with E-state index >= 15 is 0 Å². The fourth-order valence-corrected chi connectivity index (χ4v) is 3.51. The van der Waals surface area contributed by atoms with Crippen molar-refractivity contribution in [1.82, 2.24) is 10.3 Å². The number of primary amides is 1. The van der Waals surface area contributed by atoms with Crippen molar-refractivity contribution in [3.8, 4) is 0 Å². The number of nitrogens with two attached hydrogens (primary N) is 2. The Labute approximate surface area is 169 Å². The van der Waals surface area contributed by atoms with Gasteiger partial charge >= 0.3 is 0 Å². The number of hydrogen-bond donors (Lipinski definition) is 3. The van der Waals surface area contributed by atoms with Crippen molar-refractivity contribution in [3.05, 3.63) is 28.2 Å². The van der Waals surface area contributed by atoms with E-state index < -0.39 is 0 Å². The highest BCUT2D eigenvalue weighted by molar-refractivity contribution is 7.18. The normalized spacial score (nSPS) is 12.8. The molecule has 150 valence electrons. The van der Waals surface area contributed by atoms with Gasteiger partial charge in [0.1, 0.15) is 0 Å². The van der Waals surface area contributed by atoms with E-state index in [0.29, 0.717) is 36.7 Å². The lowest BCUT2D eigenvalue weighted by atomic mass is 9.99. The quantitative estimate of drug-likeness (QED) is 0.617. The van der Waals surface area contributed by atoms with Gasteiger partial charge in [0.05, 0.1) is 15.2 Å². The summed E-state index contributed by atoms with van der Waals surface area (Å²) >= 11 is 7.56. The Hall–Kier alpha value is -1.70. The van der Waals surface area contributed by atoms with E-state index in [2.05, 4.69) is 29.9 Å². The number of hydrogen-bond acceptors (Lipinski definition) is 5. The maximum absolute atomic E-state index is 12.1. The molecule has 2 atom stereocenters. The van der Waals surface area contributed by atoms with E-state index in [1.807, 2.05) is 18.2 Å². The zero-order valence-electron chi connectivity index (χ0n) is 16.1. The predicted octanol–water partition coefficient (Wildman–Crippen LogP) is 3.25. The van der Waals surface area contributed by atoms with Gasteiger partial charge in [0, 0.05) is 36.9 Å². The van der Waals surface area contributed by atoms with Gasteiger partial charge in [-0.1, -0.05) is 38.8 Å². The number of halogens is 1. The molecule has 0 saturated heterocycles. The number of carbonyl (C=O) groups is 2. The number of nitrogens with one attached hydrogen (secondary N) is 1. The van der Waals surface area contributed by atoms with Crippen LogP contribution in [0.15, 0.2) is 18.2 Å². The number of rotatable bonds is 8. The topological polar surface area (TPSA) is 111 Å². The van der Waals surface area contributed by atoms with E-state index in [-0.39, 0.29) is 17.9 Å². The maximum Gasteiger partial charge on any atom is 0.220 e. The Morgan fingerprint density at radius 2 is 2.00 bits per heavy atom. The van der Waals surface area contributed by atoms with Crippen LogP contribution in [-0.2, 0) is 16.0 Å². The van der Waals surface area contributed by atoms with Crippen molar-refractivity contribution in [2.24, 2.45) is 17.4 Å². The molecule has 1 aromatic carbocycles. The summed E-state index contributed by atoms with van der Waals surface area (Å²) in [6.45, 7) is 6.41. The van der Waals surface area contributed by atoms with Crippen LogP contribution in [-0.4, -0.2) is 29.4 Å². The maximum atomic E-state index is 12.1. The van der Waals surface area contributed by atoms with Crippen LogP contribution in [0.5, 0.6) is 0 Å². The fraction of sp³-hybridized carbons (Fsp3) is 0.526. The van der Waals surface area contributed by atoms with Crippen molar-refractivity contribution in [3.63, 3.8) is 0 Å². The SMILES string of the molecule is CCC(C)C(CN)NC(=O)CCc1nc2ccc(Cl)cc2s1.CCC(N)=O. The lowest BCUT2D eigenvalue weighted by Gasteiger charge is -2.22. The van der Waals surface area contributed by atoms with Gasteiger partial charge in [-0.25, -0.2) is 4.98 Å². The van der Waals surface area contributed by atoms with Gasteiger partial charge in [-0.15, -0.1) is 11.3 Å². The molecule has 6 nitrogen and oxygen atoms in total. The predicted molar refractivity (Wildman–Crippen MR) is 113 cm³/mol. The monoisotopic (exact) mass is 412 g/mol. The Bertz CT molecular complexity index is 750. The number of thiazole rings is 1. The molecule has 1 heterocycles. The summed E-state index contributed by atoms with van der Waals surface area (Å²) < 4.78 is 1.06. The molecule has 0 saturated carbocycles. The molecule has 0 bridgehead atoms. The molecule has 1 aromatic heterocycles. The molecule has 2 unspecified atom stereocenters. The third-order valence-electron chi connectivity index (χ3n) is 4.24. The largest absolute Gasteiger partial charge is 0.370 e. The van der Waals surface area contributed by atoms with E-state index in [9.17, 15) is 9.59 Å². The van der Waals surface area contributed by atoms with E-state index in [4.69, 9.17) is 17.3 Å². The zero-order valence-corrected chi connectivity index (χ0v) is 17.7. The van der Waals surface area contributed by atoms with Crippen LogP contribution in [0.4, 0.5) is 0 Å². The molecule has 2 rings (SSSR count). The minimum atomic E-state index is -0.245. The number of benzene rings is 1. The minimum Gasteiger partial charge on any atom is -0.370 e. The van der Waals surface area contributed by atoms with Crippen LogP contribution < -0.4 is 16.8 Å². The van der Waals surface area contributed by atoms with Gasteiger partial charge in [-0.2, -0.15) is 0 Å². The zero-order chi connectivity index (χ0) is 20.4. The highest BCUT2D eigenvalue weighted by atomic mass is 35.5. The first-order valence-corrected chi connectivity index (χ1v) is 10.3. The van der Waals surface area contributed by atoms with Crippen LogP contribution in [0.1, 0.15) is 45.0 Å². The first-order chi connectivity index (χ1) is 12.8. The fourth-order valence-electron chi connectivity index (χ4n) is 2.27. The van der Waals surface area contributed by atoms with Crippen LogP contribution in [0, 0.1) is 5.92 Å². The molecular weight excluding hydrogens is 384 g/mol. The number of nitrogens with zero attached hydrogens (tertiary/aromatic N) is 1. The van der Waals surface area contributed by atoms with Gasteiger partial charge in [-0.05, 0) is 24.1 Å². The second kappa shape index (κ2) is 11.9. The number of carbonyl (C=O) groups excluding carboxylic acids is 2. The highest BCUT2D eigenvalue weighted by Crippen LogP contribution is 2.25. The number of aryl methyl sites for hydroxylation is 1. The number of aromatic nitrogens is 1. The summed E-state index contributed by atoms with van der Waals surface area (Å²) in [6, 6.07) is 5.70. The van der Waals surface area contributed by atoms with Crippen molar-refractivity contribution < 1.29 is 9.59 Å². The number of fused-ring (bicyclic) bond motifs is 1. The van der Waals surface area contributed by atoms with Crippen molar-refractivity contribution in [2.45, 2.75) is 52.5 Å². The first-order valence-electron chi connectivity index (χ1n) is 9.13. The standard InChI is InChI=1S/C16H22ClN3OS.C3H7NO/c1-3-10(2)13(9-18)19-15(21)6-7-16-20-12-5-4-11(17)8-14(12)22-16;1-2-3(4)5/h4-5,8,10,13H,3,6-7,9,18H2,1-2H3,(H,19,21);2H2,1H3,(H2,4,5). The smallest absolute Gasteiger partial charge is 0.220 e. The number of amides is 2. The summed E-state index contributed by atoms with van der Waals surface area (Å²) in [7, 11) is 0. The van der Waals surface area contributed by atoms with Crippen LogP contribution >= 0.6 is 22.9 Å². The minimum absolute atomic E-state index is 0.0352. The van der Waals surface area contributed by atoms with Gasteiger partial charge in [-0.3, -0.25) is 9.59 Å². The van der Waals surface area contributed by atoms with Gasteiger partial charge < -0.3 is 16.8 Å². The lowest BCUT2D eigenvalue weighted by Crippen LogP contribution is -2.44. The van der Waals surface area contributed by atoms with Gasteiger partial charge in [0.2, 0.25) is 11.8 Å². The molecule has 2 amide bonds. The molecule has 0 fully saturated rings. The average molecular weight is 413 g/mol. The molecule has 2 aromatic rings. The van der Waals surface area contributed by atoms with E-state index in [1.165, 1.54) is 0 Å². The summed E-state index contributed by atoms with van der Waals surface area (Å²) in [5.74, 6) is 0.177. The van der Waals surface area contributed by atoms with E-state index in [0.717, 1.165) is 21.6 Å². The Kier molecular flexibility index (Phi) is 10.3. The molecule has 27 heavy (non-hydrogen) atoms. The van der Waals surface area contributed by atoms with Gasteiger partial charge in [0.15, 0.2) is 0 Å². The molecule has 0 aliphatic carbocycles. The molecule has 0 aliphatic heterocycles. The van der Waals surface area contributed by atoms with Crippen LogP contribution in [0.3, 0.4) is 0 Å². The Morgan fingerprint density at radius 3 is 2.56 bits per heavy atom. The molecule has 5 N–H and O–H groups in total. The highest BCUT2D eigenvalue weighted by Gasteiger charge is 2.16. The molecule has 0 spiro atoms. The van der Waals surface area contributed by atoms with E-state index in [1.54, 1.807) is 18.3 Å². The van der Waals surface area contributed by atoms with Crippen LogP contribution in [0.25, 0.3) is 10.2 Å². The van der Waals surface area contributed by atoms with Crippen molar-refractivity contribution >= 4 is 45.0 Å². The Morgan fingerprint density at radius 1 is 1.33 bits per heavy atom. The lowest BCUT2D eigenvalue weighted by molar-refractivity contribution is -0.122. The Balaban J connectivity index is 0.000000646. The second-order valence-electron chi connectivity index (χ2n) is 6.33.